The van der Waals surface area contributed by atoms with E-state index in [4.69, 9.17) is 0 Å². The van der Waals surface area contributed by atoms with Gasteiger partial charge in [0.25, 0.3) is 0 Å². The van der Waals surface area contributed by atoms with Crippen molar-refractivity contribution in [3.63, 3.8) is 0 Å². The Morgan fingerprint density at radius 3 is 2.67 bits per heavy atom. The zero-order valence-corrected chi connectivity index (χ0v) is 10.2. The molecule has 1 aromatic rings. The van der Waals surface area contributed by atoms with E-state index in [2.05, 4.69) is 39.0 Å². The molecule has 86 valence electrons. The van der Waals surface area contributed by atoms with Crippen molar-refractivity contribution in [2.45, 2.75) is 40.7 Å². The van der Waals surface area contributed by atoms with Crippen molar-refractivity contribution in [2.24, 2.45) is 11.3 Å². The third kappa shape index (κ3) is 4.04. The monoisotopic (exact) mass is 210 g/mol. The minimum Gasteiger partial charge on any atom is -0.396 e. The highest BCUT2D eigenvalue weighted by atomic mass is 16.3. The molecule has 0 atom stereocenters. The van der Waals surface area contributed by atoms with E-state index in [1.165, 1.54) is 5.56 Å². The Balaban J connectivity index is 2.60. The minimum atomic E-state index is -0.0499. The second-order valence-corrected chi connectivity index (χ2v) is 5.46. The molecule has 1 aromatic heterocycles. The highest BCUT2D eigenvalue weighted by molar-refractivity contribution is 5.06. The first kappa shape index (κ1) is 12.2. The molecule has 1 N–H and O–H groups in total. The van der Waals surface area contributed by atoms with Gasteiger partial charge in [-0.3, -0.25) is 4.68 Å². The first-order valence-electron chi connectivity index (χ1n) is 5.55. The quantitative estimate of drug-likeness (QED) is 0.808. The van der Waals surface area contributed by atoms with Gasteiger partial charge < -0.3 is 5.11 Å². The number of nitrogens with zero attached hydrogens (tertiary/aromatic N) is 2. The fourth-order valence-corrected chi connectivity index (χ4v) is 1.58. The first-order valence-corrected chi connectivity index (χ1v) is 5.55. The molecule has 0 aliphatic carbocycles. The van der Waals surface area contributed by atoms with E-state index in [-0.39, 0.29) is 12.0 Å². The molecule has 1 rings (SSSR count). The molecule has 0 amide bonds. The van der Waals surface area contributed by atoms with Gasteiger partial charge in [-0.25, -0.2) is 0 Å². The second kappa shape index (κ2) is 4.79. The van der Waals surface area contributed by atoms with Crippen molar-refractivity contribution >= 4 is 0 Å². The number of aromatic nitrogens is 2. The molecule has 0 saturated carbocycles. The predicted octanol–water partition coefficient (Wildman–Crippen LogP) is 2.10. The lowest BCUT2D eigenvalue weighted by Crippen LogP contribution is -2.19. The van der Waals surface area contributed by atoms with Crippen LogP contribution >= 0.6 is 0 Å². The van der Waals surface area contributed by atoms with Crippen LogP contribution in [0, 0.1) is 11.3 Å². The summed E-state index contributed by atoms with van der Waals surface area (Å²) in [4.78, 5) is 0. The standard InChI is InChI=1S/C12H22N2O/c1-10(2)7-14-8-11(6-13-14)5-12(3,4)9-15/h6,8,10,15H,5,7,9H2,1-4H3. The van der Waals surface area contributed by atoms with Crippen molar-refractivity contribution in [3.8, 4) is 0 Å². The van der Waals surface area contributed by atoms with Crippen LogP contribution in [0.25, 0.3) is 0 Å². The Morgan fingerprint density at radius 2 is 2.13 bits per heavy atom. The lowest BCUT2D eigenvalue weighted by Gasteiger charge is -2.20. The average Bonchev–Trinajstić information content (AvgIpc) is 2.50. The Kier molecular flexibility index (Phi) is 3.91. The Bertz CT molecular complexity index is 302. The van der Waals surface area contributed by atoms with Crippen LogP contribution in [0.4, 0.5) is 0 Å². The number of aliphatic hydroxyl groups is 1. The summed E-state index contributed by atoms with van der Waals surface area (Å²) < 4.78 is 1.98. The minimum absolute atomic E-state index is 0.0499. The topological polar surface area (TPSA) is 38.0 Å². The van der Waals surface area contributed by atoms with E-state index in [1.54, 1.807) is 0 Å². The molecule has 0 fully saturated rings. The van der Waals surface area contributed by atoms with Gasteiger partial charge in [0.05, 0.1) is 6.20 Å². The SMILES string of the molecule is CC(C)Cn1cc(CC(C)(C)CO)cn1. The van der Waals surface area contributed by atoms with Crippen LogP contribution in [-0.4, -0.2) is 21.5 Å². The Labute approximate surface area is 92.1 Å². The van der Waals surface area contributed by atoms with Crippen LogP contribution in [0.2, 0.25) is 0 Å². The van der Waals surface area contributed by atoms with E-state index in [0.717, 1.165) is 13.0 Å². The van der Waals surface area contributed by atoms with Crippen LogP contribution < -0.4 is 0 Å². The van der Waals surface area contributed by atoms with E-state index in [9.17, 15) is 5.11 Å². The van der Waals surface area contributed by atoms with Crippen LogP contribution in [0.15, 0.2) is 12.4 Å². The van der Waals surface area contributed by atoms with Gasteiger partial charge in [-0.2, -0.15) is 5.10 Å². The van der Waals surface area contributed by atoms with Gasteiger partial charge in [0.2, 0.25) is 0 Å². The van der Waals surface area contributed by atoms with E-state index in [0.29, 0.717) is 5.92 Å². The van der Waals surface area contributed by atoms with Gasteiger partial charge in [0.1, 0.15) is 0 Å². The number of hydrogen-bond acceptors (Lipinski definition) is 2. The van der Waals surface area contributed by atoms with E-state index >= 15 is 0 Å². The fraction of sp³-hybridized carbons (Fsp3) is 0.750. The molecule has 0 bridgehead atoms. The maximum absolute atomic E-state index is 9.18. The van der Waals surface area contributed by atoms with Crippen molar-refractivity contribution in [1.82, 2.24) is 9.78 Å². The first-order chi connectivity index (χ1) is 6.93. The van der Waals surface area contributed by atoms with Gasteiger partial charge in [-0.1, -0.05) is 27.7 Å². The normalized spacial score (nSPS) is 12.4. The summed E-state index contributed by atoms with van der Waals surface area (Å²) >= 11 is 0. The summed E-state index contributed by atoms with van der Waals surface area (Å²) in [5.41, 5.74) is 1.15. The van der Waals surface area contributed by atoms with Crippen LogP contribution in [0.1, 0.15) is 33.3 Å². The summed E-state index contributed by atoms with van der Waals surface area (Å²) in [7, 11) is 0. The maximum Gasteiger partial charge on any atom is 0.0521 e. The maximum atomic E-state index is 9.18. The van der Waals surface area contributed by atoms with E-state index < -0.39 is 0 Å². The highest BCUT2D eigenvalue weighted by Crippen LogP contribution is 2.20. The zero-order valence-electron chi connectivity index (χ0n) is 10.2. The van der Waals surface area contributed by atoms with Crippen molar-refractivity contribution in [2.75, 3.05) is 6.61 Å². The van der Waals surface area contributed by atoms with Crippen molar-refractivity contribution < 1.29 is 5.11 Å². The number of hydrogen-bond donors (Lipinski definition) is 1. The molecule has 0 radical (unpaired) electrons. The second-order valence-electron chi connectivity index (χ2n) is 5.46. The van der Waals surface area contributed by atoms with Gasteiger partial charge in [-0.05, 0) is 23.3 Å². The van der Waals surface area contributed by atoms with Crippen LogP contribution in [-0.2, 0) is 13.0 Å². The molecule has 3 nitrogen and oxygen atoms in total. The molecule has 1 heterocycles. The molecule has 15 heavy (non-hydrogen) atoms. The van der Waals surface area contributed by atoms with Gasteiger partial charge in [0.15, 0.2) is 0 Å². The summed E-state index contributed by atoms with van der Waals surface area (Å²) in [6, 6.07) is 0. The summed E-state index contributed by atoms with van der Waals surface area (Å²) in [6.45, 7) is 9.65. The van der Waals surface area contributed by atoms with Crippen LogP contribution in [0.5, 0.6) is 0 Å². The molecule has 0 saturated heterocycles. The highest BCUT2D eigenvalue weighted by Gasteiger charge is 2.17. The Hall–Kier alpha value is -0.830. The molecule has 0 unspecified atom stereocenters. The Morgan fingerprint density at radius 1 is 1.47 bits per heavy atom. The molecule has 3 heteroatoms. The fourth-order valence-electron chi connectivity index (χ4n) is 1.58. The smallest absolute Gasteiger partial charge is 0.0521 e. The van der Waals surface area contributed by atoms with Crippen LogP contribution in [0.3, 0.4) is 0 Å². The summed E-state index contributed by atoms with van der Waals surface area (Å²) in [6.07, 6.45) is 4.86. The largest absolute Gasteiger partial charge is 0.396 e. The molecule has 0 aromatic carbocycles. The molecular formula is C12H22N2O. The third-order valence-corrected chi connectivity index (χ3v) is 2.35. The van der Waals surface area contributed by atoms with Crippen molar-refractivity contribution in [3.05, 3.63) is 18.0 Å². The molecular weight excluding hydrogens is 188 g/mol. The summed E-state index contributed by atoms with van der Waals surface area (Å²) in [5.74, 6) is 0.614. The molecule has 0 aliphatic heterocycles. The zero-order chi connectivity index (χ0) is 11.5. The average molecular weight is 210 g/mol. The van der Waals surface area contributed by atoms with Gasteiger partial charge in [0, 0.05) is 19.3 Å². The number of aliphatic hydroxyl groups excluding tert-OH is 1. The lowest BCUT2D eigenvalue weighted by molar-refractivity contribution is 0.159. The predicted molar refractivity (Wildman–Crippen MR) is 61.6 cm³/mol. The van der Waals surface area contributed by atoms with Gasteiger partial charge >= 0.3 is 0 Å². The molecule has 0 spiro atoms. The number of rotatable bonds is 5. The molecule has 0 aliphatic rings. The van der Waals surface area contributed by atoms with Crippen molar-refractivity contribution in [1.29, 1.82) is 0 Å². The van der Waals surface area contributed by atoms with Gasteiger partial charge in [-0.15, -0.1) is 0 Å². The van der Waals surface area contributed by atoms with E-state index in [1.807, 2.05) is 10.9 Å². The lowest BCUT2D eigenvalue weighted by atomic mass is 9.88. The third-order valence-electron chi connectivity index (χ3n) is 2.35. The summed E-state index contributed by atoms with van der Waals surface area (Å²) in [5, 5.41) is 13.5.